The van der Waals surface area contributed by atoms with Crippen LogP contribution in [0.4, 0.5) is 5.69 Å². The molecule has 0 aliphatic carbocycles. The summed E-state index contributed by atoms with van der Waals surface area (Å²) >= 11 is 0. The quantitative estimate of drug-likeness (QED) is 0.361. The van der Waals surface area contributed by atoms with Crippen LogP contribution in [0.15, 0.2) is 72.8 Å². The average molecular weight is 502 g/mol. The molecule has 4 rings (SSSR count). The van der Waals surface area contributed by atoms with Crippen molar-refractivity contribution in [1.29, 1.82) is 0 Å². The first-order valence-electron chi connectivity index (χ1n) is 13.0. The summed E-state index contributed by atoms with van der Waals surface area (Å²) in [7, 11) is 2.15. The number of carbonyl (C=O) groups excluding carboxylic acids is 1. The molecular weight excluding hydrogens is 462 g/mol. The summed E-state index contributed by atoms with van der Waals surface area (Å²) in [4.78, 5) is 24.7. The van der Waals surface area contributed by atoms with Gasteiger partial charge in [-0.3, -0.25) is 9.59 Å². The Labute approximate surface area is 220 Å². The zero-order valence-corrected chi connectivity index (χ0v) is 22.0. The molecule has 0 unspecified atom stereocenters. The number of benzene rings is 3. The van der Waals surface area contributed by atoms with E-state index in [1.807, 2.05) is 6.07 Å². The van der Waals surface area contributed by atoms with E-state index < -0.39 is 0 Å². The monoisotopic (exact) mass is 501 g/mol. The van der Waals surface area contributed by atoms with E-state index in [1.54, 1.807) is 0 Å². The van der Waals surface area contributed by atoms with E-state index in [0.29, 0.717) is 6.04 Å². The van der Waals surface area contributed by atoms with Crippen molar-refractivity contribution >= 4 is 18.4 Å². The van der Waals surface area contributed by atoms with Crippen molar-refractivity contribution < 1.29 is 14.7 Å². The predicted molar refractivity (Wildman–Crippen MR) is 151 cm³/mol. The van der Waals surface area contributed by atoms with E-state index in [1.165, 1.54) is 22.4 Å². The third-order valence-electron chi connectivity index (χ3n) is 6.94. The fourth-order valence-electron chi connectivity index (χ4n) is 4.81. The molecule has 3 aromatic rings. The molecule has 37 heavy (non-hydrogen) atoms. The fourth-order valence-corrected chi connectivity index (χ4v) is 4.81. The second-order valence-corrected chi connectivity index (χ2v) is 9.52. The van der Waals surface area contributed by atoms with E-state index in [-0.39, 0.29) is 6.47 Å². The van der Waals surface area contributed by atoms with Crippen LogP contribution in [-0.2, 0) is 17.8 Å². The molecule has 0 radical (unpaired) electrons. The molecule has 6 nitrogen and oxygen atoms in total. The molecule has 1 aliphatic heterocycles. The lowest BCUT2D eigenvalue weighted by Crippen LogP contribution is -2.42. The van der Waals surface area contributed by atoms with Gasteiger partial charge in [0.1, 0.15) is 6.29 Å². The lowest BCUT2D eigenvalue weighted by atomic mass is 10.0. The van der Waals surface area contributed by atoms with Gasteiger partial charge < -0.3 is 20.2 Å². The third-order valence-corrected chi connectivity index (χ3v) is 6.94. The highest BCUT2D eigenvalue weighted by atomic mass is 16.3. The van der Waals surface area contributed by atoms with Gasteiger partial charge >= 0.3 is 0 Å². The van der Waals surface area contributed by atoms with E-state index in [0.717, 1.165) is 69.4 Å². The van der Waals surface area contributed by atoms with Crippen molar-refractivity contribution in [1.82, 2.24) is 9.80 Å². The molecule has 0 amide bonds. The summed E-state index contributed by atoms with van der Waals surface area (Å²) in [6, 6.07) is 26.0. The number of carboxylic acid groups (broad SMARTS) is 1. The van der Waals surface area contributed by atoms with Gasteiger partial charge in [0, 0.05) is 55.6 Å². The number of nitrogens with one attached hydrogen (secondary N) is 1. The largest absolute Gasteiger partial charge is 0.483 e. The van der Waals surface area contributed by atoms with Gasteiger partial charge in [-0.05, 0) is 49.1 Å². The van der Waals surface area contributed by atoms with Crippen LogP contribution >= 0.6 is 0 Å². The Morgan fingerprint density at radius 2 is 1.68 bits per heavy atom. The van der Waals surface area contributed by atoms with Gasteiger partial charge in [0.25, 0.3) is 6.47 Å². The third kappa shape index (κ3) is 8.55. The van der Waals surface area contributed by atoms with Gasteiger partial charge in [0.15, 0.2) is 0 Å². The Bertz CT molecular complexity index is 1110. The minimum absolute atomic E-state index is 0.250. The topological polar surface area (TPSA) is 72.9 Å². The first-order chi connectivity index (χ1) is 18.1. The van der Waals surface area contributed by atoms with Crippen molar-refractivity contribution in [2.45, 2.75) is 38.8 Å². The Kier molecular flexibility index (Phi) is 11.3. The standard InChI is InChI=1S/C30H37N3O.CH2O2/c1-3-24-13-14-26(23-34)27(21-24)22-32(2)19-20-33-17-15-28(16-18-33)31-30-12-8-7-11-29(30)25-9-5-4-6-10-25;2-1-3/h4-14,21,23,28,31H,3,15-20,22H2,1-2H3;1H,(H,2,3). The second kappa shape index (κ2) is 14.9. The maximum absolute atomic E-state index is 11.4. The second-order valence-electron chi connectivity index (χ2n) is 9.52. The number of hydrogen-bond acceptors (Lipinski definition) is 5. The van der Waals surface area contributed by atoms with Gasteiger partial charge in [0.2, 0.25) is 0 Å². The number of likely N-dealkylation sites (tertiary alicyclic amines) is 1. The lowest BCUT2D eigenvalue weighted by molar-refractivity contribution is -0.122. The molecule has 1 aliphatic rings. The lowest BCUT2D eigenvalue weighted by Gasteiger charge is -2.34. The first kappa shape index (κ1) is 28.1. The van der Waals surface area contributed by atoms with Crippen molar-refractivity contribution in [3.63, 3.8) is 0 Å². The van der Waals surface area contributed by atoms with Crippen molar-refractivity contribution in [2.24, 2.45) is 0 Å². The summed E-state index contributed by atoms with van der Waals surface area (Å²) < 4.78 is 0. The van der Waals surface area contributed by atoms with Crippen molar-refractivity contribution in [3.05, 3.63) is 89.5 Å². The van der Waals surface area contributed by atoms with Gasteiger partial charge in [-0.2, -0.15) is 0 Å². The van der Waals surface area contributed by atoms with E-state index in [2.05, 4.69) is 95.8 Å². The van der Waals surface area contributed by atoms with Crippen LogP contribution in [0.2, 0.25) is 0 Å². The number of hydrogen-bond donors (Lipinski definition) is 2. The number of para-hydroxylation sites is 1. The Hall–Kier alpha value is -3.48. The van der Waals surface area contributed by atoms with Gasteiger partial charge in [-0.15, -0.1) is 0 Å². The minimum Gasteiger partial charge on any atom is -0.483 e. The molecule has 0 saturated carbocycles. The van der Waals surface area contributed by atoms with Gasteiger partial charge in [0.05, 0.1) is 0 Å². The minimum atomic E-state index is -0.250. The highest BCUT2D eigenvalue weighted by molar-refractivity contribution is 5.78. The smallest absolute Gasteiger partial charge is 0.290 e. The molecule has 0 atom stereocenters. The zero-order chi connectivity index (χ0) is 26.5. The van der Waals surface area contributed by atoms with Crippen LogP contribution in [0.25, 0.3) is 11.1 Å². The number of carbonyl (C=O) groups is 2. The summed E-state index contributed by atoms with van der Waals surface area (Å²) in [6.07, 6.45) is 4.28. The van der Waals surface area contributed by atoms with Crippen molar-refractivity contribution in [3.8, 4) is 11.1 Å². The van der Waals surface area contributed by atoms with Crippen LogP contribution < -0.4 is 5.32 Å². The molecule has 0 spiro atoms. The molecule has 3 aromatic carbocycles. The summed E-state index contributed by atoms with van der Waals surface area (Å²) in [5, 5.41) is 10.7. The maximum atomic E-state index is 11.4. The fraction of sp³-hybridized carbons (Fsp3) is 0.355. The van der Waals surface area contributed by atoms with Crippen LogP contribution in [0.1, 0.15) is 41.3 Å². The Morgan fingerprint density at radius 1 is 1.00 bits per heavy atom. The van der Waals surface area contributed by atoms with Crippen LogP contribution in [0.5, 0.6) is 0 Å². The molecule has 1 saturated heterocycles. The number of rotatable bonds is 10. The van der Waals surface area contributed by atoms with Crippen molar-refractivity contribution in [2.75, 3.05) is 38.5 Å². The molecule has 0 aromatic heterocycles. The van der Waals surface area contributed by atoms with Gasteiger partial charge in [-0.25, -0.2) is 0 Å². The highest BCUT2D eigenvalue weighted by Gasteiger charge is 2.20. The number of likely N-dealkylation sites (N-methyl/N-ethyl adjacent to an activating group) is 1. The zero-order valence-electron chi connectivity index (χ0n) is 22.0. The van der Waals surface area contributed by atoms with Crippen LogP contribution in [0, 0.1) is 0 Å². The molecule has 2 N–H and O–H groups in total. The molecular formula is C31H39N3O3. The number of aldehydes is 1. The Balaban J connectivity index is 0.00000121. The molecule has 0 bridgehead atoms. The maximum Gasteiger partial charge on any atom is 0.290 e. The number of aryl methyl sites for hydroxylation is 1. The normalized spacial score (nSPS) is 14.0. The summed E-state index contributed by atoms with van der Waals surface area (Å²) in [6.45, 7) is 7.02. The van der Waals surface area contributed by atoms with Crippen LogP contribution in [0.3, 0.4) is 0 Å². The predicted octanol–water partition coefficient (Wildman–Crippen LogP) is 5.44. The highest BCUT2D eigenvalue weighted by Crippen LogP contribution is 2.29. The first-order valence-corrected chi connectivity index (χ1v) is 13.0. The molecule has 6 heteroatoms. The summed E-state index contributed by atoms with van der Waals surface area (Å²) in [5.74, 6) is 0. The van der Waals surface area contributed by atoms with E-state index in [4.69, 9.17) is 9.90 Å². The molecule has 1 fully saturated rings. The van der Waals surface area contributed by atoms with E-state index >= 15 is 0 Å². The van der Waals surface area contributed by atoms with Crippen LogP contribution in [-0.4, -0.2) is 66.9 Å². The van der Waals surface area contributed by atoms with E-state index in [9.17, 15) is 4.79 Å². The molecule has 196 valence electrons. The van der Waals surface area contributed by atoms with Gasteiger partial charge in [-0.1, -0.05) is 73.7 Å². The Morgan fingerprint density at radius 3 is 2.35 bits per heavy atom. The summed E-state index contributed by atoms with van der Waals surface area (Å²) in [5.41, 5.74) is 7.00. The number of nitrogens with zero attached hydrogens (tertiary/aromatic N) is 2. The SMILES string of the molecule is CCc1ccc(C=O)c(CN(C)CCN2CCC(Nc3ccccc3-c3ccccc3)CC2)c1.O=CO. The molecule has 1 heterocycles. The number of piperidine rings is 1. The average Bonchev–Trinajstić information content (AvgIpc) is 2.94. The number of anilines is 1.